The molecule has 32 heavy (non-hydrogen) atoms. The maximum Gasteiger partial charge on any atom is 0.274 e. The molecule has 0 N–H and O–H groups in total. The van der Waals surface area contributed by atoms with Crippen LogP contribution in [0.1, 0.15) is 34.1 Å². The highest BCUT2D eigenvalue weighted by atomic mass is 79.9. The largest absolute Gasteiger partial charge is 0.292 e. The van der Waals surface area contributed by atoms with Crippen LogP contribution in [0.25, 0.3) is 0 Å². The molecule has 3 atom stereocenters. The lowest BCUT2D eigenvalue weighted by Crippen LogP contribution is -2.52. The lowest BCUT2D eigenvalue weighted by Gasteiger charge is -2.30. The molecule has 2 aromatic carbocycles. The molecule has 1 aliphatic carbocycles. The Bertz CT molecular complexity index is 1130. The zero-order valence-electron chi connectivity index (χ0n) is 17.2. The summed E-state index contributed by atoms with van der Waals surface area (Å²) in [5, 5.41) is 1.98. The van der Waals surface area contributed by atoms with E-state index >= 15 is 0 Å². The number of Topliss-reactive ketones (excluding diaryl/α,β-unsaturated/α-hetero) is 1. The van der Waals surface area contributed by atoms with Crippen molar-refractivity contribution in [3.63, 3.8) is 0 Å². The molecule has 1 heterocycles. The van der Waals surface area contributed by atoms with Crippen molar-refractivity contribution < 1.29 is 19.2 Å². The van der Waals surface area contributed by atoms with Crippen LogP contribution in [0.3, 0.4) is 0 Å². The lowest BCUT2D eigenvalue weighted by atomic mass is 9.78. The van der Waals surface area contributed by atoms with Gasteiger partial charge in [-0.15, -0.1) is 0 Å². The predicted molar refractivity (Wildman–Crippen MR) is 123 cm³/mol. The molecule has 0 aromatic heterocycles. The Morgan fingerprint density at radius 3 is 2.44 bits per heavy atom. The first-order valence-corrected chi connectivity index (χ1v) is 11.4. The number of hydrogen-bond donors (Lipinski definition) is 0. The third kappa shape index (κ3) is 4.02. The van der Waals surface area contributed by atoms with Crippen molar-refractivity contribution in [2.45, 2.75) is 13.3 Å². The number of carbonyl (C=O) groups excluding carboxylic acids is 4. The Morgan fingerprint density at radius 2 is 1.78 bits per heavy atom. The van der Waals surface area contributed by atoms with E-state index < -0.39 is 41.9 Å². The zero-order valence-corrected chi connectivity index (χ0v) is 19.5. The van der Waals surface area contributed by atoms with E-state index in [1.54, 1.807) is 42.5 Å². The normalized spacial score (nSPS) is 22.1. The van der Waals surface area contributed by atoms with E-state index in [9.17, 15) is 19.2 Å². The standard InChI is InChI=1S/C24H20BrClN2O4/c1-14-5-4-7-18-21(14)24(32)28(23(18)31)27(22(30)17-6-2-3-8-19(17)26)13-20(29)15-9-11-16(25)12-10-15/h2-6,8-12,14,18,21H,7,13H2,1H3/t14-,18+,21-/m1/s1. The van der Waals surface area contributed by atoms with Crippen LogP contribution in [0.5, 0.6) is 0 Å². The summed E-state index contributed by atoms with van der Waals surface area (Å²) < 4.78 is 0.800. The van der Waals surface area contributed by atoms with Gasteiger partial charge in [0.1, 0.15) is 6.54 Å². The molecule has 1 aliphatic heterocycles. The van der Waals surface area contributed by atoms with Gasteiger partial charge in [0.15, 0.2) is 5.78 Å². The first kappa shape index (κ1) is 22.4. The van der Waals surface area contributed by atoms with Gasteiger partial charge in [-0.1, -0.05) is 70.9 Å². The van der Waals surface area contributed by atoms with Crippen LogP contribution in [0.4, 0.5) is 0 Å². The van der Waals surface area contributed by atoms with Gasteiger partial charge in [-0.2, -0.15) is 5.01 Å². The molecule has 0 spiro atoms. The van der Waals surface area contributed by atoms with Gasteiger partial charge in [-0.05, 0) is 36.6 Å². The molecule has 1 saturated heterocycles. The molecule has 8 heteroatoms. The molecular weight excluding hydrogens is 496 g/mol. The van der Waals surface area contributed by atoms with E-state index in [2.05, 4.69) is 15.9 Å². The summed E-state index contributed by atoms with van der Waals surface area (Å²) in [7, 11) is 0. The predicted octanol–water partition coefficient (Wildman–Crippen LogP) is 4.54. The van der Waals surface area contributed by atoms with E-state index in [1.807, 2.05) is 19.1 Å². The highest BCUT2D eigenvalue weighted by Crippen LogP contribution is 2.39. The molecule has 0 unspecified atom stereocenters. The fourth-order valence-corrected chi connectivity index (χ4v) is 4.72. The molecule has 0 saturated carbocycles. The van der Waals surface area contributed by atoms with Crippen molar-refractivity contribution in [2.24, 2.45) is 17.8 Å². The summed E-state index contributed by atoms with van der Waals surface area (Å²) in [6.45, 7) is 1.40. The molecule has 4 rings (SSSR count). The summed E-state index contributed by atoms with van der Waals surface area (Å²) >= 11 is 9.55. The molecule has 2 aliphatic rings. The second kappa shape index (κ2) is 9.00. The summed E-state index contributed by atoms with van der Waals surface area (Å²) in [6, 6.07) is 13.0. The average Bonchev–Trinajstić information content (AvgIpc) is 3.03. The number of ketones is 1. The van der Waals surface area contributed by atoms with Gasteiger partial charge in [0.05, 0.1) is 22.4 Å². The monoisotopic (exact) mass is 514 g/mol. The van der Waals surface area contributed by atoms with Crippen LogP contribution >= 0.6 is 27.5 Å². The molecule has 0 radical (unpaired) electrons. The number of fused-ring (bicyclic) bond motifs is 1. The van der Waals surface area contributed by atoms with Crippen LogP contribution in [0.2, 0.25) is 5.02 Å². The fraction of sp³-hybridized carbons (Fsp3) is 0.250. The van der Waals surface area contributed by atoms with Gasteiger partial charge in [-0.25, -0.2) is 5.01 Å². The van der Waals surface area contributed by atoms with Crippen LogP contribution in [0, 0.1) is 17.8 Å². The molecule has 164 valence electrons. The number of hydrogen-bond acceptors (Lipinski definition) is 4. The number of imide groups is 1. The van der Waals surface area contributed by atoms with E-state index in [1.165, 1.54) is 6.07 Å². The first-order valence-electron chi connectivity index (χ1n) is 10.2. The zero-order chi connectivity index (χ0) is 23.0. The second-order valence-corrected chi connectivity index (χ2v) is 9.24. The Balaban J connectivity index is 1.72. The molecular formula is C24H20BrClN2O4. The lowest BCUT2D eigenvalue weighted by molar-refractivity contribution is -0.154. The topological polar surface area (TPSA) is 74.8 Å². The van der Waals surface area contributed by atoms with Crippen LogP contribution in [-0.4, -0.2) is 40.1 Å². The average molecular weight is 516 g/mol. The minimum Gasteiger partial charge on any atom is -0.292 e. The second-order valence-electron chi connectivity index (χ2n) is 7.92. The van der Waals surface area contributed by atoms with Gasteiger partial charge in [0, 0.05) is 10.0 Å². The van der Waals surface area contributed by atoms with E-state index in [4.69, 9.17) is 11.6 Å². The summed E-state index contributed by atoms with van der Waals surface area (Å²) in [4.78, 5) is 53.1. The Labute approximate surface area is 198 Å². The third-order valence-electron chi connectivity index (χ3n) is 5.89. The van der Waals surface area contributed by atoms with Crippen LogP contribution in [-0.2, 0) is 9.59 Å². The smallest absolute Gasteiger partial charge is 0.274 e. The molecule has 3 amide bonds. The quantitative estimate of drug-likeness (QED) is 0.333. The number of hydrazine groups is 1. The molecule has 6 nitrogen and oxygen atoms in total. The van der Waals surface area contributed by atoms with Crippen molar-refractivity contribution in [2.75, 3.05) is 6.54 Å². The van der Waals surface area contributed by atoms with Gasteiger partial charge in [-0.3, -0.25) is 19.2 Å². The third-order valence-corrected chi connectivity index (χ3v) is 6.75. The van der Waals surface area contributed by atoms with E-state index in [-0.39, 0.29) is 16.5 Å². The number of allylic oxidation sites excluding steroid dienone is 2. The van der Waals surface area contributed by atoms with E-state index in [0.717, 1.165) is 14.5 Å². The first-order chi connectivity index (χ1) is 15.3. The van der Waals surface area contributed by atoms with Gasteiger partial charge in [0.25, 0.3) is 17.7 Å². The Hall–Kier alpha value is -2.77. The number of halogens is 2. The number of carbonyl (C=O) groups is 4. The van der Waals surface area contributed by atoms with Gasteiger partial charge >= 0.3 is 0 Å². The molecule has 0 bridgehead atoms. The minimum atomic E-state index is -0.679. The molecule has 2 aromatic rings. The van der Waals surface area contributed by atoms with Crippen molar-refractivity contribution in [3.8, 4) is 0 Å². The van der Waals surface area contributed by atoms with Crippen molar-refractivity contribution in [3.05, 3.63) is 81.3 Å². The summed E-state index contributed by atoms with van der Waals surface area (Å²) in [5.41, 5.74) is 0.469. The van der Waals surface area contributed by atoms with Crippen LogP contribution < -0.4 is 0 Å². The highest BCUT2D eigenvalue weighted by Gasteiger charge is 2.53. The maximum atomic E-state index is 13.5. The Morgan fingerprint density at radius 1 is 1.09 bits per heavy atom. The number of nitrogens with zero attached hydrogens (tertiary/aromatic N) is 2. The molecule has 1 fully saturated rings. The van der Waals surface area contributed by atoms with E-state index in [0.29, 0.717) is 12.0 Å². The minimum absolute atomic E-state index is 0.111. The number of benzene rings is 2. The number of amides is 3. The van der Waals surface area contributed by atoms with Crippen LogP contribution in [0.15, 0.2) is 65.2 Å². The van der Waals surface area contributed by atoms with Gasteiger partial charge < -0.3 is 0 Å². The maximum absolute atomic E-state index is 13.5. The SMILES string of the molecule is C[C@@H]1C=CC[C@@H]2C(=O)N(N(CC(=O)c3ccc(Br)cc3)C(=O)c3ccccc3Cl)C(=O)[C@H]12. The Kier molecular flexibility index (Phi) is 6.31. The summed E-state index contributed by atoms with van der Waals surface area (Å²) in [5.74, 6) is -3.28. The van der Waals surface area contributed by atoms with Crippen molar-refractivity contribution >= 4 is 51.0 Å². The fourth-order valence-electron chi connectivity index (χ4n) is 4.24. The van der Waals surface area contributed by atoms with Crippen molar-refractivity contribution in [1.82, 2.24) is 10.0 Å². The van der Waals surface area contributed by atoms with Gasteiger partial charge in [0.2, 0.25) is 0 Å². The highest BCUT2D eigenvalue weighted by molar-refractivity contribution is 9.10. The summed E-state index contributed by atoms with van der Waals surface area (Å²) in [6.07, 6.45) is 4.21. The number of rotatable bonds is 5. The van der Waals surface area contributed by atoms with Crippen molar-refractivity contribution in [1.29, 1.82) is 0 Å².